The van der Waals surface area contributed by atoms with Gasteiger partial charge in [0.2, 0.25) is 0 Å². The molecular weight excluding hydrogens is 174 g/mol. The van der Waals surface area contributed by atoms with Crippen LogP contribution < -0.4 is 4.74 Å². The van der Waals surface area contributed by atoms with Crippen molar-refractivity contribution in [2.24, 2.45) is 0 Å². The maximum absolute atomic E-state index is 5.63. The van der Waals surface area contributed by atoms with Gasteiger partial charge in [0, 0.05) is 6.54 Å². The number of hydrogen-bond acceptors (Lipinski definition) is 2. The molecule has 1 aromatic carbocycles. The second kappa shape index (κ2) is 4.47. The van der Waals surface area contributed by atoms with Gasteiger partial charge in [-0.1, -0.05) is 17.7 Å². The van der Waals surface area contributed by atoms with Crippen molar-refractivity contribution in [3.05, 3.63) is 29.8 Å². The molecule has 1 aromatic rings. The Morgan fingerprint density at radius 3 is 2.50 bits per heavy atom. The van der Waals surface area contributed by atoms with E-state index in [1.165, 1.54) is 25.1 Å². The molecule has 0 spiro atoms. The normalized spacial score (nSPS) is 16.4. The van der Waals surface area contributed by atoms with E-state index in [0.717, 1.165) is 18.9 Å². The van der Waals surface area contributed by atoms with Gasteiger partial charge in [0.25, 0.3) is 0 Å². The highest BCUT2D eigenvalue weighted by atomic mass is 16.5. The van der Waals surface area contributed by atoms with Crippen molar-refractivity contribution in [2.75, 3.05) is 26.2 Å². The van der Waals surface area contributed by atoms with Gasteiger partial charge in [-0.2, -0.15) is 0 Å². The predicted molar refractivity (Wildman–Crippen MR) is 57.7 cm³/mol. The third-order valence-electron chi connectivity index (χ3n) is 2.65. The molecule has 0 bridgehead atoms. The molecule has 1 aliphatic heterocycles. The number of ether oxygens (including phenoxy) is 1. The van der Waals surface area contributed by atoms with E-state index in [9.17, 15) is 0 Å². The third kappa shape index (κ3) is 2.48. The monoisotopic (exact) mass is 191 g/mol. The second-order valence-electron chi connectivity index (χ2n) is 3.86. The van der Waals surface area contributed by atoms with Crippen molar-refractivity contribution >= 4 is 0 Å². The lowest BCUT2D eigenvalue weighted by molar-refractivity contribution is 0.147. The van der Waals surface area contributed by atoms with E-state index in [2.05, 4.69) is 24.0 Å². The minimum Gasteiger partial charge on any atom is -0.492 e. The zero-order valence-electron chi connectivity index (χ0n) is 8.70. The van der Waals surface area contributed by atoms with Gasteiger partial charge in [0.05, 0.1) is 0 Å². The second-order valence-corrected chi connectivity index (χ2v) is 3.86. The fourth-order valence-electron chi connectivity index (χ4n) is 1.53. The predicted octanol–water partition coefficient (Wildman–Crippen LogP) is 2.08. The lowest BCUT2D eigenvalue weighted by atomic mass is 10.2. The summed E-state index contributed by atoms with van der Waals surface area (Å²) in [6.07, 6.45) is 1.35. The van der Waals surface area contributed by atoms with Gasteiger partial charge in [-0.05, 0) is 38.6 Å². The lowest BCUT2D eigenvalue weighted by Gasteiger charge is -2.30. The van der Waals surface area contributed by atoms with Crippen LogP contribution in [0.5, 0.6) is 5.75 Å². The zero-order valence-corrected chi connectivity index (χ0v) is 8.70. The molecule has 0 amide bonds. The Kier molecular flexibility index (Phi) is 3.04. The summed E-state index contributed by atoms with van der Waals surface area (Å²) in [6, 6.07) is 8.23. The van der Waals surface area contributed by atoms with Crippen molar-refractivity contribution in [3.8, 4) is 5.75 Å². The maximum Gasteiger partial charge on any atom is 0.119 e. The van der Waals surface area contributed by atoms with Crippen LogP contribution in [0, 0.1) is 6.92 Å². The van der Waals surface area contributed by atoms with E-state index in [4.69, 9.17) is 4.74 Å². The van der Waals surface area contributed by atoms with Gasteiger partial charge < -0.3 is 4.74 Å². The van der Waals surface area contributed by atoms with E-state index < -0.39 is 0 Å². The molecule has 2 nitrogen and oxygen atoms in total. The van der Waals surface area contributed by atoms with E-state index >= 15 is 0 Å². The van der Waals surface area contributed by atoms with Gasteiger partial charge in [0.1, 0.15) is 12.4 Å². The van der Waals surface area contributed by atoms with Crippen LogP contribution >= 0.6 is 0 Å². The Morgan fingerprint density at radius 1 is 1.21 bits per heavy atom. The summed E-state index contributed by atoms with van der Waals surface area (Å²) in [7, 11) is 0. The number of hydrogen-bond donors (Lipinski definition) is 0. The number of rotatable bonds is 4. The highest BCUT2D eigenvalue weighted by molar-refractivity contribution is 5.26. The van der Waals surface area contributed by atoms with Crippen molar-refractivity contribution in [1.82, 2.24) is 4.90 Å². The van der Waals surface area contributed by atoms with Crippen LogP contribution in [-0.2, 0) is 0 Å². The van der Waals surface area contributed by atoms with Gasteiger partial charge in [-0.3, -0.25) is 4.90 Å². The molecule has 76 valence electrons. The van der Waals surface area contributed by atoms with Crippen LogP contribution in [0.4, 0.5) is 0 Å². The average Bonchev–Trinajstić information content (AvgIpc) is 2.12. The van der Waals surface area contributed by atoms with E-state index in [1.807, 2.05) is 12.1 Å². The number of nitrogens with zero attached hydrogens (tertiary/aromatic N) is 1. The molecule has 0 atom stereocenters. The zero-order chi connectivity index (χ0) is 9.80. The summed E-state index contributed by atoms with van der Waals surface area (Å²) < 4.78 is 5.63. The minimum absolute atomic E-state index is 0.809. The molecular formula is C12H17NO. The molecule has 1 fully saturated rings. The highest BCUT2D eigenvalue weighted by Gasteiger charge is 2.12. The topological polar surface area (TPSA) is 12.5 Å². The van der Waals surface area contributed by atoms with E-state index in [-0.39, 0.29) is 0 Å². The van der Waals surface area contributed by atoms with Gasteiger partial charge >= 0.3 is 0 Å². The SMILES string of the molecule is Cc1ccc(OCCN2CCC2)cc1. The fraction of sp³-hybridized carbons (Fsp3) is 0.500. The highest BCUT2D eigenvalue weighted by Crippen LogP contribution is 2.11. The molecule has 1 saturated heterocycles. The summed E-state index contributed by atoms with van der Waals surface area (Å²) in [4.78, 5) is 2.41. The smallest absolute Gasteiger partial charge is 0.119 e. The Balaban J connectivity index is 1.71. The van der Waals surface area contributed by atoms with Gasteiger partial charge in [0.15, 0.2) is 0 Å². The molecule has 2 heteroatoms. The Morgan fingerprint density at radius 2 is 1.93 bits per heavy atom. The van der Waals surface area contributed by atoms with E-state index in [0.29, 0.717) is 0 Å². The van der Waals surface area contributed by atoms with Crippen LogP contribution in [0.15, 0.2) is 24.3 Å². The van der Waals surface area contributed by atoms with Crippen molar-refractivity contribution in [3.63, 3.8) is 0 Å². The Hall–Kier alpha value is -1.02. The lowest BCUT2D eigenvalue weighted by Crippen LogP contribution is -2.39. The average molecular weight is 191 g/mol. The molecule has 1 heterocycles. The molecule has 1 aliphatic rings. The van der Waals surface area contributed by atoms with Crippen LogP contribution in [-0.4, -0.2) is 31.1 Å². The molecule has 0 unspecified atom stereocenters. The van der Waals surface area contributed by atoms with Gasteiger partial charge in [-0.15, -0.1) is 0 Å². The Bertz CT molecular complexity index is 277. The largest absolute Gasteiger partial charge is 0.492 e. The van der Waals surface area contributed by atoms with Crippen LogP contribution in [0.2, 0.25) is 0 Å². The maximum atomic E-state index is 5.63. The number of benzene rings is 1. The summed E-state index contributed by atoms with van der Waals surface area (Å²) >= 11 is 0. The fourth-order valence-corrected chi connectivity index (χ4v) is 1.53. The molecule has 14 heavy (non-hydrogen) atoms. The number of likely N-dealkylation sites (tertiary alicyclic amines) is 1. The quantitative estimate of drug-likeness (QED) is 0.722. The summed E-state index contributed by atoms with van der Waals surface area (Å²) in [5.41, 5.74) is 1.28. The molecule has 0 saturated carbocycles. The first-order valence-corrected chi connectivity index (χ1v) is 5.26. The molecule has 0 radical (unpaired) electrons. The molecule has 2 rings (SSSR count). The van der Waals surface area contributed by atoms with Gasteiger partial charge in [-0.25, -0.2) is 0 Å². The van der Waals surface area contributed by atoms with Crippen molar-refractivity contribution in [1.29, 1.82) is 0 Å². The Labute approximate surface area is 85.5 Å². The minimum atomic E-state index is 0.809. The van der Waals surface area contributed by atoms with Crippen LogP contribution in [0.25, 0.3) is 0 Å². The first-order chi connectivity index (χ1) is 6.84. The summed E-state index contributed by atoms with van der Waals surface area (Å²) in [5, 5.41) is 0. The first-order valence-electron chi connectivity index (χ1n) is 5.26. The van der Waals surface area contributed by atoms with Crippen LogP contribution in [0.3, 0.4) is 0 Å². The van der Waals surface area contributed by atoms with E-state index in [1.54, 1.807) is 0 Å². The number of aryl methyl sites for hydroxylation is 1. The standard InChI is InChI=1S/C12H17NO/c1-11-3-5-12(6-4-11)14-10-9-13-7-2-8-13/h3-6H,2,7-10H2,1H3. The van der Waals surface area contributed by atoms with Crippen molar-refractivity contribution in [2.45, 2.75) is 13.3 Å². The molecule has 0 aromatic heterocycles. The summed E-state index contributed by atoms with van der Waals surface area (Å²) in [5.74, 6) is 0.983. The summed E-state index contributed by atoms with van der Waals surface area (Å²) in [6.45, 7) is 6.45. The van der Waals surface area contributed by atoms with Crippen molar-refractivity contribution < 1.29 is 4.74 Å². The molecule has 0 N–H and O–H groups in total. The third-order valence-corrected chi connectivity index (χ3v) is 2.65. The first kappa shape index (κ1) is 9.53. The molecule has 0 aliphatic carbocycles. The van der Waals surface area contributed by atoms with Crippen LogP contribution in [0.1, 0.15) is 12.0 Å².